The van der Waals surface area contributed by atoms with Crippen LogP contribution in [0, 0.1) is 0 Å². The molecule has 6 heteroatoms. The number of ether oxygens (including phenoxy) is 1. The topological polar surface area (TPSA) is 57.2 Å². The molecule has 1 amide bonds. The minimum Gasteiger partial charge on any atom is -0.492 e. The second-order valence-electron chi connectivity index (χ2n) is 6.69. The summed E-state index contributed by atoms with van der Waals surface area (Å²) < 4.78 is 5.94. The fourth-order valence-electron chi connectivity index (χ4n) is 3.16. The van der Waals surface area contributed by atoms with Crippen LogP contribution in [0.5, 0.6) is 5.75 Å². The summed E-state index contributed by atoms with van der Waals surface area (Å²) in [7, 11) is 2.06. The van der Waals surface area contributed by atoms with E-state index >= 15 is 0 Å². The Morgan fingerprint density at radius 2 is 2.22 bits per heavy atom. The molecule has 27 heavy (non-hydrogen) atoms. The second-order valence-corrected chi connectivity index (χ2v) is 6.69. The lowest BCUT2D eigenvalue weighted by Crippen LogP contribution is -2.35. The lowest BCUT2D eigenvalue weighted by atomic mass is 10.0. The Balaban J connectivity index is 1.74. The zero-order valence-corrected chi connectivity index (χ0v) is 15.3. The molecule has 0 fully saturated rings. The fraction of sp³-hybridized carbons (Fsp3) is 0.286. The molecule has 6 nitrogen and oxygen atoms in total. The van der Waals surface area contributed by atoms with Crippen molar-refractivity contribution >= 4 is 17.2 Å². The van der Waals surface area contributed by atoms with E-state index in [9.17, 15) is 4.79 Å². The number of fused-ring (bicyclic) bond motifs is 3. The summed E-state index contributed by atoms with van der Waals surface area (Å²) in [6.45, 7) is 2.96. The molecule has 0 saturated heterocycles. The van der Waals surface area contributed by atoms with E-state index in [4.69, 9.17) is 4.74 Å². The van der Waals surface area contributed by atoms with Gasteiger partial charge in [0.1, 0.15) is 23.9 Å². The van der Waals surface area contributed by atoms with Crippen LogP contribution in [0.3, 0.4) is 0 Å². The van der Waals surface area contributed by atoms with Gasteiger partial charge in [0.2, 0.25) is 0 Å². The number of hydrogen-bond donors (Lipinski definition) is 1. The van der Waals surface area contributed by atoms with Gasteiger partial charge in [-0.3, -0.25) is 4.79 Å². The monoisotopic (exact) mass is 362 g/mol. The quantitative estimate of drug-likeness (QED) is 0.719. The van der Waals surface area contributed by atoms with Crippen molar-refractivity contribution in [3.63, 3.8) is 0 Å². The van der Waals surface area contributed by atoms with Crippen LogP contribution in [0.25, 0.3) is 5.57 Å². The molecule has 1 aromatic rings. The van der Waals surface area contributed by atoms with Gasteiger partial charge < -0.3 is 19.9 Å². The average molecular weight is 362 g/mol. The minimum absolute atomic E-state index is 0.150. The van der Waals surface area contributed by atoms with Gasteiger partial charge in [0.05, 0.1) is 6.20 Å². The van der Waals surface area contributed by atoms with Crippen LogP contribution in [0.1, 0.15) is 12.0 Å². The van der Waals surface area contributed by atoms with Gasteiger partial charge in [0.15, 0.2) is 0 Å². The van der Waals surface area contributed by atoms with E-state index in [2.05, 4.69) is 28.0 Å². The Morgan fingerprint density at radius 1 is 1.30 bits per heavy atom. The molecule has 3 aliphatic heterocycles. The third-order valence-corrected chi connectivity index (χ3v) is 4.67. The summed E-state index contributed by atoms with van der Waals surface area (Å²) in [5.74, 6) is 1.39. The number of nitrogens with zero attached hydrogens (tertiary/aromatic N) is 3. The molecule has 0 spiro atoms. The molecule has 0 saturated carbocycles. The van der Waals surface area contributed by atoms with Gasteiger partial charge in [-0.1, -0.05) is 12.1 Å². The summed E-state index contributed by atoms with van der Waals surface area (Å²) in [5.41, 5.74) is 5.43. The van der Waals surface area contributed by atoms with Crippen molar-refractivity contribution in [2.75, 3.05) is 33.3 Å². The molecule has 0 aliphatic carbocycles. The van der Waals surface area contributed by atoms with Crippen molar-refractivity contribution in [1.29, 1.82) is 0 Å². The number of carbonyl (C=O) groups is 1. The highest BCUT2D eigenvalue weighted by atomic mass is 16.5. The fourth-order valence-corrected chi connectivity index (χ4v) is 3.16. The predicted octanol–water partition coefficient (Wildman–Crippen LogP) is 2.14. The van der Waals surface area contributed by atoms with Crippen LogP contribution in [0.2, 0.25) is 0 Å². The molecule has 0 radical (unpaired) electrons. The average Bonchev–Trinajstić information content (AvgIpc) is 2.70. The normalized spacial score (nSPS) is 20.3. The van der Waals surface area contributed by atoms with E-state index in [0.29, 0.717) is 24.7 Å². The van der Waals surface area contributed by atoms with E-state index in [1.807, 2.05) is 47.6 Å². The summed E-state index contributed by atoms with van der Waals surface area (Å²) in [5, 5.41) is 2.96. The van der Waals surface area contributed by atoms with E-state index in [1.165, 1.54) is 0 Å². The van der Waals surface area contributed by atoms with Gasteiger partial charge in [-0.25, -0.2) is 4.99 Å². The van der Waals surface area contributed by atoms with Crippen LogP contribution >= 0.6 is 0 Å². The van der Waals surface area contributed by atoms with Crippen molar-refractivity contribution in [2.24, 2.45) is 4.99 Å². The Labute approximate surface area is 158 Å². The van der Waals surface area contributed by atoms with E-state index < -0.39 is 0 Å². The first-order valence-electron chi connectivity index (χ1n) is 9.13. The minimum atomic E-state index is -0.150. The zero-order valence-electron chi connectivity index (χ0n) is 15.3. The largest absolute Gasteiger partial charge is 0.492 e. The highest BCUT2D eigenvalue weighted by Crippen LogP contribution is 2.30. The second kappa shape index (κ2) is 7.66. The number of hydrogen-bond acceptors (Lipinski definition) is 5. The Morgan fingerprint density at radius 3 is 3.15 bits per heavy atom. The molecule has 4 bridgehead atoms. The van der Waals surface area contributed by atoms with Crippen LogP contribution in [0.15, 0.2) is 65.4 Å². The Hall–Kier alpha value is -3.08. The van der Waals surface area contributed by atoms with E-state index in [-0.39, 0.29) is 5.91 Å². The summed E-state index contributed by atoms with van der Waals surface area (Å²) in [6, 6.07) is 7.95. The van der Waals surface area contributed by atoms with Gasteiger partial charge in [-0.05, 0) is 49.9 Å². The van der Waals surface area contributed by atoms with Gasteiger partial charge >= 0.3 is 0 Å². The first-order chi connectivity index (χ1) is 13.2. The lowest BCUT2D eigenvalue weighted by molar-refractivity contribution is -0.114. The summed E-state index contributed by atoms with van der Waals surface area (Å²) in [4.78, 5) is 21.2. The van der Waals surface area contributed by atoms with Crippen LogP contribution < -0.4 is 10.1 Å². The van der Waals surface area contributed by atoms with Crippen molar-refractivity contribution < 1.29 is 9.53 Å². The Kier molecular flexibility index (Phi) is 4.92. The van der Waals surface area contributed by atoms with E-state index in [0.717, 1.165) is 36.4 Å². The maximum absolute atomic E-state index is 12.5. The number of carbonyl (C=O) groups excluding carboxylic acids is 1. The standard InChI is InChI=1S/C21H22N4O2/c1-24-10-4-9-22-21(26)19-8-12-25-11-3-7-18(20(25)23-19)16-5-2-6-17(15-16)27-14-13-24/h2,5-8,11-12,15H,4,9-10,13-14H2,1H3,(H,22,26). The highest BCUT2D eigenvalue weighted by molar-refractivity contribution is 6.43. The van der Waals surface area contributed by atoms with Crippen LogP contribution in [-0.4, -0.2) is 54.7 Å². The van der Waals surface area contributed by atoms with Crippen molar-refractivity contribution in [3.05, 3.63) is 65.9 Å². The molecule has 4 rings (SSSR count). The maximum atomic E-state index is 12.5. The smallest absolute Gasteiger partial charge is 0.270 e. The predicted molar refractivity (Wildman–Crippen MR) is 105 cm³/mol. The first kappa shape index (κ1) is 17.3. The number of likely N-dealkylation sites (N-methyl/N-ethyl adjacent to an activating group) is 1. The first-order valence-corrected chi connectivity index (χ1v) is 9.13. The van der Waals surface area contributed by atoms with Crippen LogP contribution in [0.4, 0.5) is 0 Å². The number of amides is 1. The van der Waals surface area contributed by atoms with Crippen molar-refractivity contribution in [1.82, 2.24) is 15.1 Å². The van der Waals surface area contributed by atoms with E-state index in [1.54, 1.807) is 6.08 Å². The highest BCUT2D eigenvalue weighted by Gasteiger charge is 2.21. The molecular weight excluding hydrogens is 340 g/mol. The van der Waals surface area contributed by atoms with Crippen LogP contribution in [-0.2, 0) is 4.79 Å². The maximum Gasteiger partial charge on any atom is 0.270 e. The molecule has 3 heterocycles. The third kappa shape index (κ3) is 3.87. The molecule has 138 valence electrons. The number of nitrogens with one attached hydrogen (secondary N) is 1. The molecule has 1 N–H and O–H groups in total. The number of rotatable bonds is 0. The lowest BCUT2D eigenvalue weighted by Gasteiger charge is -2.24. The Bertz CT molecular complexity index is 907. The molecule has 3 aliphatic rings. The molecular formula is C21H22N4O2. The molecule has 1 aromatic carbocycles. The van der Waals surface area contributed by atoms with Gasteiger partial charge in [-0.2, -0.15) is 0 Å². The number of benzene rings is 1. The molecule has 0 aromatic heterocycles. The SMILES string of the molecule is CN1CCCNC(=O)C2=NC3=C(C=C=CN3C=C2)c2cccc(c2)OCC1. The zero-order chi connectivity index (χ0) is 18.6. The van der Waals surface area contributed by atoms with Crippen molar-refractivity contribution in [2.45, 2.75) is 6.42 Å². The van der Waals surface area contributed by atoms with Gasteiger partial charge in [0, 0.05) is 24.9 Å². The number of allylic oxidation sites excluding steroid dienone is 2. The van der Waals surface area contributed by atoms with Gasteiger partial charge in [0.25, 0.3) is 5.91 Å². The third-order valence-electron chi connectivity index (χ3n) is 4.67. The summed E-state index contributed by atoms with van der Waals surface area (Å²) >= 11 is 0. The molecule has 0 unspecified atom stereocenters. The van der Waals surface area contributed by atoms with Gasteiger partial charge in [-0.15, -0.1) is 5.73 Å². The number of aliphatic imine (C=N–C) groups is 1. The van der Waals surface area contributed by atoms with Crippen molar-refractivity contribution in [3.8, 4) is 5.75 Å². The summed E-state index contributed by atoms with van der Waals surface area (Å²) in [6.07, 6.45) is 8.14. The molecule has 0 atom stereocenters.